The lowest BCUT2D eigenvalue weighted by Crippen LogP contribution is -3.08. The lowest BCUT2D eigenvalue weighted by Gasteiger charge is -2.26. The number of aryl methyl sites for hydroxylation is 1. The Morgan fingerprint density at radius 1 is 1.21 bits per heavy atom. The molecule has 2 N–H and O–H groups in total. The molecular formula is C23H31N2O3+. The first-order chi connectivity index (χ1) is 13.6. The van der Waals surface area contributed by atoms with Gasteiger partial charge >= 0.3 is 0 Å². The number of likely N-dealkylation sites (N-methyl/N-ethyl adjacent to an activating group) is 1. The molecule has 0 saturated heterocycles. The van der Waals surface area contributed by atoms with Gasteiger partial charge in [-0.1, -0.05) is 24.3 Å². The number of quaternary nitrogens is 1. The van der Waals surface area contributed by atoms with E-state index in [1.165, 1.54) is 11.1 Å². The quantitative estimate of drug-likeness (QED) is 0.736. The lowest BCUT2D eigenvalue weighted by molar-refractivity contribution is -0.885. The average Bonchev–Trinajstić information content (AvgIpc) is 2.69. The third-order valence-electron chi connectivity index (χ3n) is 5.20. The molecule has 2 atom stereocenters. The van der Waals surface area contributed by atoms with Gasteiger partial charge in [-0.05, 0) is 55.5 Å². The predicted molar refractivity (Wildman–Crippen MR) is 110 cm³/mol. The Morgan fingerprint density at radius 3 is 2.82 bits per heavy atom. The van der Waals surface area contributed by atoms with Crippen molar-refractivity contribution in [2.24, 2.45) is 0 Å². The summed E-state index contributed by atoms with van der Waals surface area (Å²) in [6.07, 6.45) is 3.24. The van der Waals surface area contributed by atoms with E-state index in [1.807, 2.05) is 32.2 Å². The number of carbonyl (C=O) groups excluding carboxylic acids is 1. The fourth-order valence-corrected chi connectivity index (χ4v) is 3.93. The standard InChI is InChI=1S/C23H30N2O3/c1-4-28-21-13-12-17(14-22(21)27-3)15-25(2)16-23(26)24-20-11-7-9-18-8-5-6-10-19(18)20/h5-6,8,10,12-14,20H,4,7,9,11,15-16H2,1-3H3,(H,24,26)/p+1/t20-/m0/s1. The highest BCUT2D eigenvalue weighted by Crippen LogP contribution is 2.29. The van der Waals surface area contributed by atoms with Crippen molar-refractivity contribution in [1.82, 2.24) is 5.32 Å². The Kier molecular flexibility index (Phi) is 6.93. The summed E-state index contributed by atoms with van der Waals surface area (Å²) in [4.78, 5) is 13.7. The van der Waals surface area contributed by atoms with Gasteiger partial charge in [0.15, 0.2) is 18.0 Å². The van der Waals surface area contributed by atoms with Crippen molar-refractivity contribution in [2.75, 3.05) is 27.3 Å². The SMILES string of the molecule is CCOc1ccc(C[NH+](C)CC(=O)N[C@H]2CCCc3ccccc32)cc1OC. The molecule has 0 aliphatic heterocycles. The maximum absolute atomic E-state index is 12.6. The molecule has 0 spiro atoms. The predicted octanol–water partition coefficient (Wildman–Crippen LogP) is 2.30. The summed E-state index contributed by atoms with van der Waals surface area (Å²) in [5.41, 5.74) is 3.76. The monoisotopic (exact) mass is 383 g/mol. The van der Waals surface area contributed by atoms with Gasteiger partial charge in [0, 0.05) is 5.56 Å². The van der Waals surface area contributed by atoms with E-state index < -0.39 is 0 Å². The number of rotatable bonds is 8. The fraction of sp³-hybridized carbons (Fsp3) is 0.435. The van der Waals surface area contributed by atoms with E-state index >= 15 is 0 Å². The molecule has 1 aliphatic rings. The number of hydrogen-bond donors (Lipinski definition) is 2. The van der Waals surface area contributed by atoms with E-state index in [0.29, 0.717) is 13.2 Å². The molecule has 1 aliphatic carbocycles. The van der Waals surface area contributed by atoms with E-state index in [0.717, 1.165) is 47.8 Å². The van der Waals surface area contributed by atoms with Gasteiger partial charge < -0.3 is 19.7 Å². The number of amides is 1. The van der Waals surface area contributed by atoms with Crippen molar-refractivity contribution in [1.29, 1.82) is 0 Å². The average molecular weight is 384 g/mol. The second-order valence-electron chi connectivity index (χ2n) is 7.44. The number of carbonyl (C=O) groups is 1. The molecule has 1 amide bonds. The molecule has 5 nitrogen and oxygen atoms in total. The second-order valence-corrected chi connectivity index (χ2v) is 7.44. The van der Waals surface area contributed by atoms with Crippen LogP contribution in [-0.2, 0) is 17.8 Å². The van der Waals surface area contributed by atoms with Crippen molar-refractivity contribution in [3.05, 3.63) is 59.2 Å². The summed E-state index contributed by atoms with van der Waals surface area (Å²) < 4.78 is 11.0. The van der Waals surface area contributed by atoms with Crippen molar-refractivity contribution in [2.45, 2.75) is 38.8 Å². The van der Waals surface area contributed by atoms with Crippen molar-refractivity contribution < 1.29 is 19.2 Å². The van der Waals surface area contributed by atoms with E-state index in [1.54, 1.807) is 7.11 Å². The molecule has 0 saturated carbocycles. The van der Waals surface area contributed by atoms with Gasteiger partial charge in [0.25, 0.3) is 5.91 Å². The number of nitrogens with one attached hydrogen (secondary N) is 2. The largest absolute Gasteiger partial charge is 0.493 e. The van der Waals surface area contributed by atoms with Crippen molar-refractivity contribution in [3.63, 3.8) is 0 Å². The molecule has 2 aromatic rings. The van der Waals surface area contributed by atoms with Gasteiger partial charge in [-0.15, -0.1) is 0 Å². The number of methoxy groups -OCH3 is 1. The molecule has 0 radical (unpaired) electrons. The van der Waals surface area contributed by atoms with Crippen LogP contribution in [0, 0.1) is 0 Å². The van der Waals surface area contributed by atoms with Crippen LogP contribution in [-0.4, -0.2) is 33.2 Å². The highest BCUT2D eigenvalue weighted by Gasteiger charge is 2.22. The highest BCUT2D eigenvalue weighted by atomic mass is 16.5. The number of benzene rings is 2. The van der Waals surface area contributed by atoms with Gasteiger partial charge in [0.2, 0.25) is 0 Å². The summed E-state index contributed by atoms with van der Waals surface area (Å²) in [5, 5.41) is 3.24. The fourth-order valence-electron chi connectivity index (χ4n) is 3.93. The Morgan fingerprint density at radius 2 is 2.04 bits per heavy atom. The molecule has 1 unspecified atom stereocenters. The van der Waals surface area contributed by atoms with Gasteiger partial charge in [0.1, 0.15) is 6.54 Å². The Labute approximate surface area is 167 Å². The van der Waals surface area contributed by atoms with E-state index in [4.69, 9.17) is 9.47 Å². The molecule has 28 heavy (non-hydrogen) atoms. The van der Waals surface area contributed by atoms with Crippen molar-refractivity contribution >= 4 is 5.91 Å². The summed E-state index contributed by atoms with van der Waals surface area (Å²) in [7, 11) is 3.69. The Balaban J connectivity index is 1.56. The highest BCUT2D eigenvalue weighted by molar-refractivity contribution is 5.77. The van der Waals surface area contributed by atoms with Crippen molar-refractivity contribution in [3.8, 4) is 11.5 Å². The van der Waals surface area contributed by atoms with Crippen LogP contribution in [0.5, 0.6) is 11.5 Å². The van der Waals surface area contributed by atoms with Gasteiger partial charge in [-0.25, -0.2) is 0 Å². The van der Waals surface area contributed by atoms with Crippen LogP contribution < -0.4 is 19.7 Å². The summed E-state index contributed by atoms with van der Waals surface area (Å²) in [5.74, 6) is 1.58. The smallest absolute Gasteiger partial charge is 0.275 e. The molecular weight excluding hydrogens is 352 g/mol. The van der Waals surface area contributed by atoms with Crippen LogP contribution in [0.1, 0.15) is 42.5 Å². The maximum atomic E-state index is 12.6. The number of hydrogen-bond acceptors (Lipinski definition) is 3. The Bertz CT molecular complexity index is 806. The molecule has 5 heteroatoms. The number of ether oxygens (including phenoxy) is 2. The van der Waals surface area contributed by atoms with Crippen LogP contribution >= 0.6 is 0 Å². The minimum atomic E-state index is 0.0945. The van der Waals surface area contributed by atoms with Gasteiger partial charge in [0.05, 0.1) is 26.8 Å². The summed E-state index contributed by atoms with van der Waals surface area (Å²) >= 11 is 0. The zero-order chi connectivity index (χ0) is 19.9. The van der Waals surface area contributed by atoms with Crippen LogP contribution in [0.4, 0.5) is 0 Å². The summed E-state index contributed by atoms with van der Waals surface area (Å²) in [6, 6.07) is 14.5. The minimum absolute atomic E-state index is 0.0945. The van der Waals surface area contributed by atoms with Crippen LogP contribution in [0.15, 0.2) is 42.5 Å². The molecule has 0 bridgehead atoms. The number of fused-ring (bicyclic) bond motifs is 1. The first-order valence-corrected chi connectivity index (χ1v) is 10.1. The zero-order valence-electron chi connectivity index (χ0n) is 17.1. The Hall–Kier alpha value is -2.53. The molecule has 0 heterocycles. The second kappa shape index (κ2) is 9.60. The normalized spacial score (nSPS) is 16.8. The molecule has 150 valence electrons. The van der Waals surface area contributed by atoms with E-state index in [2.05, 4.69) is 29.6 Å². The minimum Gasteiger partial charge on any atom is -0.493 e. The van der Waals surface area contributed by atoms with Crippen LogP contribution in [0.25, 0.3) is 0 Å². The summed E-state index contributed by atoms with van der Waals surface area (Å²) in [6.45, 7) is 3.74. The third-order valence-corrected chi connectivity index (χ3v) is 5.20. The molecule has 0 fully saturated rings. The van der Waals surface area contributed by atoms with E-state index in [-0.39, 0.29) is 11.9 Å². The van der Waals surface area contributed by atoms with Gasteiger partial charge in [-0.3, -0.25) is 4.79 Å². The first-order valence-electron chi connectivity index (χ1n) is 10.1. The zero-order valence-corrected chi connectivity index (χ0v) is 17.1. The molecule has 0 aromatic heterocycles. The molecule has 3 rings (SSSR count). The van der Waals surface area contributed by atoms with Gasteiger partial charge in [-0.2, -0.15) is 0 Å². The lowest BCUT2D eigenvalue weighted by atomic mass is 9.88. The van der Waals surface area contributed by atoms with Crippen LogP contribution in [0.2, 0.25) is 0 Å². The topological polar surface area (TPSA) is 52.0 Å². The van der Waals surface area contributed by atoms with E-state index in [9.17, 15) is 4.79 Å². The first kappa shape index (κ1) is 20.2. The third kappa shape index (κ3) is 5.04. The maximum Gasteiger partial charge on any atom is 0.275 e. The molecule has 2 aromatic carbocycles. The van der Waals surface area contributed by atoms with Crippen LogP contribution in [0.3, 0.4) is 0 Å².